The third-order valence-electron chi connectivity index (χ3n) is 3.77. The number of ether oxygens (including phenoxy) is 1. The lowest BCUT2D eigenvalue weighted by Gasteiger charge is -2.28. The molecule has 0 radical (unpaired) electrons. The van der Waals surface area contributed by atoms with Crippen molar-refractivity contribution >= 4 is 5.97 Å². The topological polar surface area (TPSA) is 77.2 Å². The summed E-state index contributed by atoms with van der Waals surface area (Å²) < 4.78 is 33.9. The van der Waals surface area contributed by atoms with Crippen LogP contribution in [0.25, 0.3) is 0 Å². The van der Waals surface area contributed by atoms with E-state index in [9.17, 15) is 18.7 Å². The Morgan fingerprint density at radius 2 is 1.96 bits per heavy atom. The lowest BCUT2D eigenvalue weighted by molar-refractivity contribution is -0.0510. The smallest absolute Gasteiger partial charge is 0.338 e. The lowest BCUT2D eigenvalue weighted by Crippen LogP contribution is -2.38. The molecular weight excluding hydrogens is 344 g/mol. The Morgan fingerprint density at radius 1 is 1.19 bits per heavy atom. The van der Waals surface area contributed by atoms with E-state index in [1.807, 2.05) is 0 Å². The highest BCUT2D eigenvalue weighted by Gasteiger charge is 2.35. The second-order valence-corrected chi connectivity index (χ2v) is 5.69. The van der Waals surface area contributed by atoms with Gasteiger partial charge in [-0.05, 0) is 18.2 Å². The van der Waals surface area contributed by atoms with Gasteiger partial charge in [0.1, 0.15) is 36.5 Å². The highest BCUT2D eigenvalue weighted by Crippen LogP contribution is 2.27. The Kier molecular flexibility index (Phi) is 5.04. The lowest BCUT2D eigenvalue weighted by atomic mass is 9.94. The first-order valence-corrected chi connectivity index (χ1v) is 7.70. The molecule has 3 rings (SSSR count). The molecule has 26 heavy (non-hydrogen) atoms. The molecule has 0 amide bonds. The maximum absolute atomic E-state index is 14.2. The predicted octanol–water partition coefficient (Wildman–Crippen LogP) is 2.30. The van der Waals surface area contributed by atoms with Crippen molar-refractivity contribution in [3.63, 3.8) is 0 Å². The number of esters is 1. The van der Waals surface area contributed by atoms with Crippen LogP contribution in [0.4, 0.5) is 8.78 Å². The van der Waals surface area contributed by atoms with Crippen LogP contribution in [0.2, 0.25) is 0 Å². The van der Waals surface area contributed by atoms with E-state index in [-0.39, 0.29) is 17.7 Å². The van der Waals surface area contributed by atoms with E-state index in [1.165, 1.54) is 17.3 Å². The summed E-state index contributed by atoms with van der Waals surface area (Å²) in [6, 6.07) is 11.0. The normalized spacial score (nSPS) is 13.2. The zero-order valence-electron chi connectivity index (χ0n) is 13.5. The van der Waals surface area contributed by atoms with Crippen LogP contribution in [0.5, 0.6) is 0 Å². The van der Waals surface area contributed by atoms with Crippen LogP contribution >= 0.6 is 0 Å². The zero-order valence-corrected chi connectivity index (χ0v) is 13.5. The number of carbonyl (C=O) groups excluding carboxylic acids is 1. The van der Waals surface area contributed by atoms with E-state index in [1.54, 1.807) is 30.3 Å². The fourth-order valence-electron chi connectivity index (χ4n) is 2.50. The van der Waals surface area contributed by atoms with E-state index in [4.69, 9.17) is 4.74 Å². The molecule has 134 valence electrons. The zero-order chi connectivity index (χ0) is 18.6. The Hall–Kier alpha value is -3.13. The number of hydrogen-bond donors (Lipinski definition) is 1. The molecule has 0 bridgehead atoms. The van der Waals surface area contributed by atoms with Gasteiger partial charge >= 0.3 is 5.97 Å². The van der Waals surface area contributed by atoms with Crippen molar-refractivity contribution in [1.82, 2.24) is 14.8 Å². The van der Waals surface area contributed by atoms with Crippen LogP contribution in [-0.4, -0.2) is 32.4 Å². The fraction of sp³-hybridized carbons (Fsp3) is 0.167. The van der Waals surface area contributed by atoms with E-state index >= 15 is 0 Å². The van der Waals surface area contributed by atoms with Crippen LogP contribution in [-0.2, 0) is 16.9 Å². The van der Waals surface area contributed by atoms with Gasteiger partial charge in [-0.15, -0.1) is 0 Å². The van der Waals surface area contributed by atoms with Gasteiger partial charge in [0.15, 0.2) is 0 Å². The number of carbonyl (C=O) groups is 1. The van der Waals surface area contributed by atoms with Crippen LogP contribution in [0.1, 0.15) is 15.9 Å². The van der Waals surface area contributed by atoms with Crippen LogP contribution in [0.15, 0.2) is 61.2 Å². The van der Waals surface area contributed by atoms with Crippen LogP contribution in [0, 0.1) is 11.6 Å². The van der Waals surface area contributed by atoms with E-state index in [0.29, 0.717) is 6.07 Å². The van der Waals surface area contributed by atoms with Gasteiger partial charge in [0, 0.05) is 11.6 Å². The summed E-state index contributed by atoms with van der Waals surface area (Å²) in [5.74, 6) is -2.41. The minimum absolute atomic E-state index is 0.213. The number of rotatable bonds is 6. The summed E-state index contributed by atoms with van der Waals surface area (Å²) in [5, 5.41) is 14.9. The Bertz CT molecular complexity index is 888. The number of hydrogen-bond acceptors (Lipinski definition) is 5. The second kappa shape index (κ2) is 7.40. The Balaban J connectivity index is 1.86. The largest absolute Gasteiger partial charge is 0.459 e. The van der Waals surface area contributed by atoms with Gasteiger partial charge in [0.2, 0.25) is 0 Å². The van der Waals surface area contributed by atoms with E-state index in [2.05, 4.69) is 10.1 Å². The molecule has 0 unspecified atom stereocenters. The molecule has 0 saturated carbocycles. The van der Waals surface area contributed by atoms with Crippen LogP contribution < -0.4 is 0 Å². The molecule has 0 fully saturated rings. The van der Waals surface area contributed by atoms with E-state index < -0.39 is 29.8 Å². The molecule has 0 aliphatic heterocycles. The van der Waals surface area contributed by atoms with Crippen molar-refractivity contribution in [3.05, 3.63) is 83.9 Å². The summed E-state index contributed by atoms with van der Waals surface area (Å²) in [6.45, 7) is -0.791. The molecule has 0 saturated heterocycles. The predicted molar refractivity (Wildman–Crippen MR) is 87.0 cm³/mol. The maximum Gasteiger partial charge on any atom is 0.338 e. The monoisotopic (exact) mass is 359 g/mol. The van der Waals surface area contributed by atoms with Crippen molar-refractivity contribution in [2.45, 2.75) is 12.1 Å². The average molecular weight is 359 g/mol. The first-order valence-electron chi connectivity index (χ1n) is 7.70. The minimum Gasteiger partial charge on any atom is -0.459 e. The molecular formula is C18H15F2N3O3. The van der Waals surface area contributed by atoms with Gasteiger partial charge in [-0.3, -0.25) is 0 Å². The van der Waals surface area contributed by atoms with Crippen molar-refractivity contribution < 1.29 is 23.4 Å². The van der Waals surface area contributed by atoms with Crippen LogP contribution in [0.3, 0.4) is 0 Å². The standard InChI is InChI=1S/C18H15F2N3O3/c19-14-6-7-15(16(20)8-14)18(25,9-23-12-21-11-22-23)10-26-17(24)13-4-2-1-3-5-13/h1-8,11-12,25H,9-10H2/t18-/m1/s1. The molecule has 1 aromatic heterocycles. The number of benzene rings is 2. The van der Waals surface area contributed by atoms with Gasteiger partial charge in [-0.2, -0.15) is 5.10 Å². The van der Waals surface area contributed by atoms with Gasteiger partial charge < -0.3 is 9.84 Å². The molecule has 1 heterocycles. The average Bonchev–Trinajstić information content (AvgIpc) is 3.13. The minimum atomic E-state index is -1.96. The first kappa shape index (κ1) is 17.7. The summed E-state index contributed by atoms with van der Waals surface area (Å²) in [4.78, 5) is 15.9. The van der Waals surface area contributed by atoms with Crippen molar-refractivity contribution in [2.24, 2.45) is 0 Å². The van der Waals surface area contributed by atoms with Gasteiger partial charge in [-0.25, -0.2) is 23.2 Å². The molecule has 1 N–H and O–H groups in total. The van der Waals surface area contributed by atoms with Gasteiger partial charge in [-0.1, -0.05) is 24.3 Å². The van der Waals surface area contributed by atoms with E-state index in [0.717, 1.165) is 12.1 Å². The van der Waals surface area contributed by atoms with Crippen molar-refractivity contribution in [1.29, 1.82) is 0 Å². The molecule has 8 heteroatoms. The quantitative estimate of drug-likeness (QED) is 0.684. The Labute approximate surface area is 147 Å². The fourth-order valence-corrected chi connectivity index (χ4v) is 2.50. The number of aliphatic hydroxyl groups is 1. The molecule has 0 aliphatic carbocycles. The molecule has 1 atom stereocenters. The number of halogens is 2. The highest BCUT2D eigenvalue weighted by atomic mass is 19.1. The molecule has 2 aromatic carbocycles. The molecule has 0 spiro atoms. The number of aromatic nitrogens is 3. The van der Waals surface area contributed by atoms with Gasteiger partial charge in [0.25, 0.3) is 0 Å². The Morgan fingerprint density at radius 3 is 2.62 bits per heavy atom. The summed E-state index contributed by atoms with van der Waals surface area (Å²) >= 11 is 0. The number of nitrogens with zero attached hydrogens (tertiary/aromatic N) is 3. The molecule has 3 aromatic rings. The summed E-state index contributed by atoms with van der Waals surface area (Å²) in [7, 11) is 0. The summed E-state index contributed by atoms with van der Waals surface area (Å²) in [5.41, 5.74) is -1.89. The molecule has 0 aliphatic rings. The maximum atomic E-state index is 14.2. The SMILES string of the molecule is O=C(OC[C@](O)(Cn1cncn1)c1ccc(F)cc1F)c1ccccc1. The second-order valence-electron chi connectivity index (χ2n) is 5.69. The van der Waals surface area contributed by atoms with Gasteiger partial charge in [0.05, 0.1) is 12.1 Å². The van der Waals surface area contributed by atoms with Crippen molar-refractivity contribution in [3.8, 4) is 0 Å². The van der Waals surface area contributed by atoms with Crippen molar-refractivity contribution in [2.75, 3.05) is 6.61 Å². The summed E-state index contributed by atoms with van der Waals surface area (Å²) in [6.07, 6.45) is 2.57. The highest BCUT2D eigenvalue weighted by molar-refractivity contribution is 5.89. The first-order chi connectivity index (χ1) is 12.5. The third-order valence-corrected chi connectivity index (χ3v) is 3.77. The third kappa shape index (κ3) is 3.92. The molecule has 6 nitrogen and oxygen atoms in total.